The Morgan fingerprint density at radius 3 is 2.43 bits per heavy atom. The van der Waals surface area contributed by atoms with Gasteiger partial charge in [0.2, 0.25) is 0 Å². The zero-order chi connectivity index (χ0) is 16.7. The summed E-state index contributed by atoms with van der Waals surface area (Å²) in [5, 5.41) is 9.31. The summed E-state index contributed by atoms with van der Waals surface area (Å²) in [6.07, 6.45) is 1.61. The van der Waals surface area contributed by atoms with Crippen LogP contribution in [0.4, 0.5) is 0 Å². The largest absolute Gasteiger partial charge is 0.493 e. The molecule has 0 aliphatic carbocycles. The van der Waals surface area contributed by atoms with Gasteiger partial charge in [-0.05, 0) is 24.6 Å². The molecule has 1 atom stereocenters. The summed E-state index contributed by atoms with van der Waals surface area (Å²) in [7, 11) is 3.19. The lowest BCUT2D eigenvalue weighted by Crippen LogP contribution is -2.09. The molecule has 120 valence electrons. The molecule has 0 aliphatic rings. The Labute approximate surface area is 137 Å². The van der Waals surface area contributed by atoms with Gasteiger partial charge in [0.15, 0.2) is 11.5 Å². The highest BCUT2D eigenvalue weighted by molar-refractivity contribution is 5.46. The van der Waals surface area contributed by atoms with E-state index in [0.717, 1.165) is 18.4 Å². The zero-order valence-corrected chi connectivity index (χ0v) is 13.7. The van der Waals surface area contributed by atoms with E-state index in [4.69, 9.17) is 14.2 Å². The first-order valence-electron chi connectivity index (χ1n) is 7.61. The molecule has 2 aromatic carbocycles. The lowest BCUT2D eigenvalue weighted by molar-refractivity contribution is 0.192. The van der Waals surface area contributed by atoms with Gasteiger partial charge in [-0.1, -0.05) is 31.5 Å². The quantitative estimate of drug-likeness (QED) is 0.755. The molecule has 0 fully saturated rings. The van der Waals surface area contributed by atoms with E-state index in [2.05, 4.69) is 13.0 Å². The van der Waals surface area contributed by atoms with Crippen molar-refractivity contribution in [3.8, 4) is 23.3 Å². The number of rotatable bonds is 7. The Morgan fingerprint density at radius 2 is 1.78 bits per heavy atom. The van der Waals surface area contributed by atoms with Crippen LogP contribution in [0.25, 0.3) is 0 Å². The number of nitriles is 1. The van der Waals surface area contributed by atoms with Crippen LogP contribution in [-0.4, -0.2) is 14.2 Å². The van der Waals surface area contributed by atoms with Gasteiger partial charge in [0.05, 0.1) is 25.9 Å². The molecule has 0 bridgehead atoms. The molecular formula is C19H21NO3. The van der Waals surface area contributed by atoms with Crippen LogP contribution in [0.5, 0.6) is 17.2 Å². The van der Waals surface area contributed by atoms with Crippen LogP contribution in [0.2, 0.25) is 0 Å². The van der Waals surface area contributed by atoms with Gasteiger partial charge in [-0.3, -0.25) is 0 Å². The Bertz CT molecular complexity index is 691. The molecule has 23 heavy (non-hydrogen) atoms. The fourth-order valence-electron chi connectivity index (χ4n) is 2.47. The van der Waals surface area contributed by atoms with Crippen molar-refractivity contribution >= 4 is 0 Å². The molecule has 0 N–H and O–H groups in total. The molecule has 2 rings (SSSR count). The minimum atomic E-state index is -0.172. The highest BCUT2D eigenvalue weighted by Crippen LogP contribution is 2.34. The molecule has 4 nitrogen and oxygen atoms in total. The van der Waals surface area contributed by atoms with Crippen molar-refractivity contribution in [3.63, 3.8) is 0 Å². The molecule has 0 radical (unpaired) electrons. The highest BCUT2D eigenvalue weighted by atomic mass is 16.5. The lowest BCUT2D eigenvalue weighted by Gasteiger charge is -2.21. The molecule has 0 saturated heterocycles. The van der Waals surface area contributed by atoms with Crippen LogP contribution in [-0.2, 0) is 0 Å². The lowest BCUT2D eigenvalue weighted by atomic mass is 10.00. The minimum absolute atomic E-state index is 0.172. The molecule has 0 heterocycles. The number of hydrogen-bond donors (Lipinski definition) is 0. The number of hydrogen-bond acceptors (Lipinski definition) is 4. The van der Waals surface area contributed by atoms with E-state index in [9.17, 15) is 5.26 Å². The van der Waals surface area contributed by atoms with E-state index >= 15 is 0 Å². The summed E-state index contributed by atoms with van der Waals surface area (Å²) in [6.45, 7) is 2.10. The molecule has 0 saturated carbocycles. The second-order valence-corrected chi connectivity index (χ2v) is 5.11. The molecular weight excluding hydrogens is 290 g/mol. The van der Waals surface area contributed by atoms with Gasteiger partial charge in [-0.2, -0.15) is 5.26 Å². The van der Waals surface area contributed by atoms with Crippen molar-refractivity contribution in [1.82, 2.24) is 0 Å². The zero-order valence-electron chi connectivity index (χ0n) is 13.7. The Balaban J connectivity index is 2.31. The van der Waals surface area contributed by atoms with Crippen LogP contribution < -0.4 is 14.2 Å². The number of nitrogens with zero attached hydrogens (tertiary/aromatic N) is 1. The fourth-order valence-corrected chi connectivity index (χ4v) is 2.47. The normalized spacial score (nSPS) is 11.4. The minimum Gasteiger partial charge on any atom is -0.493 e. The van der Waals surface area contributed by atoms with Crippen molar-refractivity contribution < 1.29 is 14.2 Å². The monoisotopic (exact) mass is 311 g/mol. The molecule has 1 unspecified atom stereocenters. The van der Waals surface area contributed by atoms with Crippen molar-refractivity contribution in [1.29, 1.82) is 5.26 Å². The van der Waals surface area contributed by atoms with Gasteiger partial charge in [-0.25, -0.2) is 0 Å². The predicted molar refractivity (Wildman–Crippen MR) is 89.0 cm³/mol. The summed E-state index contributed by atoms with van der Waals surface area (Å²) < 4.78 is 16.7. The fraction of sp³-hybridized carbons (Fsp3) is 0.316. The van der Waals surface area contributed by atoms with Crippen molar-refractivity contribution in [2.24, 2.45) is 0 Å². The molecule has 4 heteroatoms. The number of methoxy groups -OCH3 is 2. The molecule has 0 aromatic heterocycles. The van der Waals surface area contributed by atoms with Gasteiger partial charge < -0.3 is 14.2 Å². The molecule has 0 amide bonds. The van der Waals surface area contributed by atoms with E-state index in [0.29, 0.717) is 22.8 Å². The van der Waals surface area contributed by atoms with Crippen LogP contribution >= 0.6 is 0 Å². The van der Waals surface area contributed by atoms with Crippen LogP contribution in [0.15, 0.2) is 42.5 Å². The first-order valence-corrected chi connectivity index (χ1v) is 7.61. The standard InChI is InChI=1S/C19H21NO3/c1-4-7-17(16-9-6-5-8-14(16)13-20)23-15-10-11-18(21-2)19(12-15)22-3/h5-6,8-12,17H,4,7H2,1-3H3. The van der Waals surface area contributed by atoms with Gasteiger partial charge in [0, 0.05) is 11.6 Å². The first kappa shape index (κ1) is 16.7. The molecule has 0 spiro atoms. The average molecular weight is 311 g/mol. The van der Waals surface area contributed by atoms with Crippen molar-refractivity contribution in [2.45, 2.75) is 25.9 Å². The van der Waals surface area contributed by atoms with E-state index in [-0.39, 0.29) is 6.10 Å². The third kappa shape index (κ3) is 3.95. The van der Waals surface area contributed by atoms with Gasteiger partial charge in [0.1, 0.15) is 11.9 Å². The summed E-state index contributed by atoms with van der Waals surface area (Å²) in [4.78, 5) is 0. The average Bonchev–Trinajstić information content (AvgIpc) is 2.61. The smallest absolute Gasteiger partial charge is 0.164 e. The Morgan fingerprint density at radius 1 is 1.04 bits per heavy atom. The van der Waals surface area contributed by atoms with Crippen molar-refractivity contribution in [3.05, 3.63) is 53.6 Å². The summed E-state index contributed by atoms with van der Waals surface area (Å²) in [6, 6.07) is 15.2. The van der Waals surface area contributed by atoms with E-state index in [1.54, 1.807) is 20.3 Å². The van der Waals surface area contributed by atoms with E-state index < -0.39 is 0 Å². The topological polar surface area (TPSA) is 51.5 Å². The second kappa shape index (κ2) is 8.09. The number of benzene rings is 2. The Kier molecular flexibility index (Phi) is 5.87. The third-order valence-electron chi connectivity index (χ3n) is 3.61. The molecule has 2 aromatic rings. The summed E-state index contributed by atoms with van der Waals surface area (Å²) in [5.41, 5.74) is 1.55. The van der Waals surface area contributed by atoms with Crippen molar-refractivity contribution in [2.75, 3.05) is 14.2 Å². The summed E-state index contributed by atoms with van der Waals surface area (Å²) in [5.74, 6) is 1.96. The van der Waals surface area contributed by atoms with Gasteiger partial charge in [0.25, 0.3) is 0 Å². The predicted octanol–water partition coefficient (Wildman–Crippen LogP) is 4.50. The maximum Gasteiger partial charge on any atom is 0.164 e. The van der Waals surface area contributed by atoms with Gasteiger partial charge >= 0.3 is 0 Å². The van der Waals surface area contributed by atoms with Crippen LogP contribution in [0.3, 0.4) is 0 Å². The maximum absolute atomic E-state index is 9.31. The van der Waals surface area contributed by atoms with Crippen LogP contribution in [0.1, 0.15) is 37.0 Å². The first-order chi connectivity index (χ1) is 11.2. The summed E-state index contributed by atoms with van der Waals surface area (Å²) >= 11 is 0. The molecule has 0 aliphatic heterocycles. The van der Waals surface area contributed by atoms with E-state index in [1.807, 2.05) is 36.4 Å². The van der Waals surface area contributed by atoms with Crippen LogP contribution in [0, 0.1) is 11.3 Å². The SMILES string of the molecule is CCCC(Oc1ccc(OC)c(OC)c1)c1ccccc1C#N. The highest BCUT2D eigenvalue weighted by Gasteiger charge is 2.17. The number of ether oxygens (including phenoxy) is 3. The van der Waals surface area contributed by atoms with Gasteiger partial charge in [-0.15, -0.1) is 0 Å². The maximum atomic E-state index is 9.31. The Hall–Kier alpha value is -2.67. The third-order valence-corrected chi connectivity index (χ3v) is 3.61. The second-order valence-electron chi connectivity index (χ2n) is 5.11. The van der Waals surface area contributed by atoms with E-state index in [1.165, 1.54) is 0 Å².